The second-order valence-electron chi connectivity index (χ2n) is 6.53. The highest BCUT2D eigenvalue weighted by Crippen LogP contribution is 2.32. The van der Waals surface area contributed by atoms with Crippen LogP contribution in [0.3, 0.4) is 0 Å². The Kier molecular flexibility index (Phi) is 5.42. The van der Waals surface area contributed by atoms with E-state index in [4.69, 9.17) is 0 Å². The Morgan fingerprint density at radius 2 is 1.79 bits per heavy atom. The highest BCUT2D eigenvalue weighted by molar-refractivity contribution is 6.11. The van der Waals surface area contributed by atoms with Crippen molar-refractivity contribution in [2.24, 2.45) is 0 Å². The molecule has 0 aliphatic carbocycles. The number of rotatable bonds is 3. The van der Waals surface area contributed by atoms with E-state index < -0.39 is 35.7 Å². The van der Waals surface area contributed by atoms with Gasteiger partial charge in [0.1, 0.15) is 6.10 Å². The molecule has 0 saturated heterocycles. The number of para-hydroxylation sites is 1. The van der Waals surface area contributed by atoms with Crippen molar-refractivity contribution < 1.29 is 27.9 Å². The van der Waals surface area contributed by atoms with Crippen LogP contribution in [0.1, 0.15) is 34.8 Å². The van der Waals surface area contributed by atoms with E-state index in [-0.39, 0.29) is 12.1 Å². The van der Waals surface area contributed by atoms with Crippen LogP contribution in [0.15, 0.2) is 48.5 Å². The number of Topliss-reactive ketones (excluding diaryl/α,β-unsaturated/α-hetero) is 1. The van der Waals surface area contributed by atoms with Gasteiger partial charge in [0.25, 0.3) is 0 Å². The standard InChI is InChI=1S/C20H19F3N2O3/c1-2-15-18(27)17(26)14-5-3-4-6-16(14)25(15)19(28)24-11-12-7-9-13(10-8-12)20(21,22)23/h3-10,15,18,27H,2,11H2,1H3,(H,24,28)/t15-,18-/m0/s1. The summed E-state index contributed by atoms with van der Waals surface area (Å²) in [7, 11) is 0. The summed E-state index contributed by atoms with van der Waals surface area (Å²) in [5, 5.41) is 13.0. The zero-order valence-electron chi connectivity index (χ0n) is 15.0. The normalized spacial score (nSPS) is 19.3. The second kappa shape index (κ2) is 7.63. The topological polar surface area (TPSA) is 69.6 Å². The molecule has 0 aromatic heterocycles. The third-order valence-electron chi connectivity index (χ3n) is 4.76. The first kappa shape index (κ1) is 19.9. The van der Waals surface area contributed by atoms with E-state index in [1.807, 2.05) is 0 Å². The van der Waals surface area contributed by atoms with E-state index in [2.05, 4.69) is 5.32 Å². The van der Waals surface area contributed by atoms with Crippen molar-refractivity contribution >= 4 is 17.5 Å². The van der Waals surface area contributed by atoms with Crippen LogP contribution >= 0.6 is 0 Å². The number of urea groups is 1. The van der Waals surface area contributed by atoms with Crippen LogP contribution in [0.4, 0.5) is 23.7 Å². The minimum absolute atomic E-state index is 0.0100. The predicted molar refractivity (Wildman–Crippen MR) is 97.0 cm³/mol. The number of aliphatic hydroxyl groups excluding tert-OH is 1. The molecule has 0 bridgehead atoms. The summed E-state index contributed by atoms with van der Waals surface area (Å²) in [5.41, 5.74) is 0.385. The Morgan fingerprint density at radius 1 is 1.14 bits per heavy atom. The number of nitrogens with one attached hydrogen (secondary N) is 1. The number of carbonyl (C=O) groups is 2. The molecule has 5 nitrogen and oxygen atoms in total. The number of carbonyl (C=O) groups excluding carboxylic acids is 2. The molecular weight excluding hydrogens is 373 g/mol. The largest absolute Gasteiger partial charge is 0.416 e. The smallest absolute Gasteiger partial charge is 0.383 e. The number of hydrogen-bond donors (Lipinski definition) is 2. The lowest BCUT2D eigenvalue weighted by Gasteiger charge is -2.38. The molecule has 0 unspecified atom stereocenters. The van der Waals surface area contributed by atoms with E-state index in [0.29, 0.717) is 17.7 Å². The summed E-state index contributed by atoms with van der Waals surface area (Å²) in [5.74, 6) is -0.436. The van der Waals surface area contributed by atoms with Crippen molar-refractivity contribution in [3.05, 3.63) is 65.2 Å². The van der Waals surface area contributed by atoms with Gasteiger partial charge in [0.2, 0.25) is 0 Å². The summed E-state index contributed by atoms with van der Waals surface area (Å²) in [6, 6.07) is 9.74. The Labute approximate surface area is 159 Å². The first-order valence-electron chi connectivity index (χ1n) is 8.78. The van der Waals surface area contributed by atoms with Crippen molar-refractivity contribution in [3.63, 3.8) is 0 Å². The van der Waals surface area contributed by atoms with Crippen molar-refractivity contribution in [1.29, 1.82) is 0 Å². The van der Waals surface area contributed by atoms with Crippen LogP contribution in [0.5, 0.6) is 0 Å². The van der Waals surface area contributed by atoms with Gasteiger partial charge in [-0.2, -0.15) is 13.2 Å². The van der Waals surface area contributed by atoms with Crippen LogP contribution in [0.25, 0.3) is 0 Å². The Morgan fingerprint density at radius 3 is 2.39 bits per heavy atom. The van der Waals surface area contributed by atoms with Gasteiger partial charge in [-0.05, 0) is 36.2 Å². The predicted octanol–water partition coefficient (Wildman–Crippen LogP) is 3.76. The number of aliphatic hydroxyl groups is 1. The van der Waals surface area contributed by atoms with Crippen molar-refractivity contribution in [1.82, 2.24) is 5.32 Å². The molecule has 1 heterocycles. The highest BCUT2D eigenvalue weighted by Gasteiger charge is 2.41. The van der Waals surface area contributed by atoms with E-state index >= 15 is 0 Å². The number of hydrogen-bond acceptors (Lipinski definition) is 3. The minimum atomic E-state index is -4.42. The molecule has 2 atom stereocenters. The summed E-state index contributed by atoms with van der Waals surface area (Å²) in [6.07, 6.45) is -5.40. The monoisotopic (exact) mass is 392 g/mol. The molecule has 1 aliphatic heterocycles. The molecule has 2 aromatic rings. The number of anilines is 1. The molecule has 1 aliphatic rings. The van der Waals surface area contributed by atoms with Gasteiger partial charge >= 0.3 is 12.2 Å². The number of benzene rings is 2. The van der Waals surface area contributed by atoms with E-state index in [1.54, 1.807) is 31.2 Å². The number of nitrogens with zero attached hydrogens (tertiary/aromatic N) is 1. The van der Waals surface area contributed by atoms with Gasteiger partial charge in [0.15, 0.2) is 5.78 Å². The van der Waals surface area contributed by atoms with E-state index in [1.165, 1.54) is 17.0 Å². The first-order valence-corrected chi connectivity index (χ1v) is 8.78. The lowest BCUT2D eigenvalue weighted by atomic mass is 9.91. The van der Waals surface area contributed by atoms with Gasteiger partial charge < -0.3 is 10.4 Å². The highest BCUT2D eigenvalue weighted by atomic mass is 19.4. The molecule has 28 heavy (non-hydrogen) atoms. The Hall–Kier alpha value is -2.87. The van der Waals surface area contributed by atoms with Crippen molar-refractivity contribution in [2.75, 3.05) is 4.90 Å². The van der Waals surface area contributed by atoms with Crippen LogP contribution < -0.4 is 10.2 Å². The number of halogens is 3. The third kappa shape index (κ3) is 3.73. The average molecular weight is 392 g/mol. The van der Waals surface area contributed by atoms with E-state index in [0.717, 1.165) is 12.1 Å². The fourth-order valence-corrected chi connectivity index (χ4v) is 3.29. The summed E-state index contributed by atoms with van der Waals surface area (Å²) >= 11 is 0. The van der Waals surface area contributed by atoms with Crippen LogP contribution in [-0.2, 0) is 12.7 Å². The van der Waals surface area contributed by atoms with Gasteiger partial charge in [0.05, 0.1) is 17.3 Å². The zero-order chi connectivity index (χ0) is 20.5. The molecule has 0 radical (unpaired) electrons. The van der Waals surface area contributed by atoms with Crippen LogP contribution in [0.2, 0.25) is 0 Å². The van der Waals surface area contributed by atoms with Crippen molar-refractivity contribution in [3.8, 4) is 0 Å². The molecule has 2 N–H and O–H groups in total. The van der Waals surface area contributed by atoms with E-state index in [9.17, 15) is 27.9 Å². The quantitative estimate of drug-likeness (QED) is 0.836. The molecule has 0 spiro atoms. The summed E-state index contributed by atoms with van der Waals surface area (Å²) in [4.78, 5) is 26.5. The molecule has 2 aromatic carbocycles. The number of amides is 2. The average Bonchev–Trinajstić information content (AvgIpc) is 2.68. The number of fused-ring (bicyclic) bond motifs is 1. The maximum atomic E-state index is 12.8. The molecule has 2 amide bonds. The lowest BCUT2D eigenvalue weighted by Crippen LogP contribution is -2.56. The fourth-order valence-electron chi connectivity index (χ4n) is 3.29. The maximum Gasteiger partial charge on any atom is 0.416 e. The summed E-state index contributed by atoms with van der Waals surface area (Å²) in [6.45, 7) is 1.77. The molecule has 0 saturated carbocycles. The summed E-state index contributed by atoms with van der Waals surface area (Å²) < 4.78 is 37.9. The Balaban J connectivity index is 1.79. The van der Waals surface area contributed by atoms with Gasteiger partial charge in [-0.3, -0.25) is 9.69 Å². The molecule has 148 valence electrons. The third-order valence-corrected chi connectivity index (χ3v) is 4.76. The van der Waals surface area contributed by atoms with Crippen LogP contribution in [-0.4, -0.2) is 29.1 Å². The molecule has 8 heteroatoms. The van der Waals surface area contributed by atoms with Crippen LogP contribution in [0, 0.1) is 0 Å². The maximum absolute atomic E-state index is 12.8. The number of alkyl halides is 3. The molecule has 3 rings (SSSR count). The van der Waals surface area contributed by atoms with Gasteiger partial charge in [-0.25, -0.2) is 4.79 Å². The second-order valence-corrected chi connectivity index (χ2v) is 6.53. The zero-order valence-corrected chi connectivity index (χ0v) is 15.0. The molecular formula is C20H19F3N2O3. The van der Waals surface area contributed by atoms with Crippen molar-refractivity contribution in [2.45, 2.75) is 38.2 Å². The van der Waals surface area contributed by atoms with Gasteiger partial charge in [-0.15, -0.1) is 0 Å². The minimum Gasteiger partial charge on any atom is -0.383 e. The Bertz CT molecular complexity index is 881. The SMILES string of the molecule is CC[C@H]1[C@H](O)C(=O)c2ccccc2N1C(=O)NCc1ccc(C(F)(F)F)cc1. The lowest BCUT2D eigenvalue weighted by molar-refractivity contribution is -0.137. The fraction of sp³-hybridized carbons (Fsp3) is 0.300. The van der Waals surface area contributed by atoms with Gasteiger partial charge in [-0.1, -0.05) is 31.2 Å². The first-order chi connectivity index (χ1) is 13.2. The number of ketones is 1. The van der Waals surface area contributed by atoms with Gasteiger partial charge in [0, 0.05) is 12.1 Å². The molecule has 0 fully saturated rings.